The lowest BCUT2D eigenvalue weighted by Gasteiger charge is -2.53. The summed E-state index contributed by atoms with van der Waals surface area (Å²) < 4.78 is 13.3. The molecule has 3 nitrogen and oxygen atoms in total. The zero-order chi connectivity index (χ0) is 16.3. The second-order valence-electron chi connectivity index (χ2n) is 7.56. The molecule has 124 valence electrons. The highest BCUT2D eigenvalue weighted by Crippen LogP contribution is 2.54. The van der Waals surface area contributed by atoms with Crippen molar-refractivity contribution in [1.82, 2.24) is 0 Å². The molecule has 2 aromatic carbocycles. The normalized spacial score (nSPS) is 30.0. The Morgan fingerprint density at radius 3 is 2.29 bits per heavy atom. The second kappa shape index (κ2) is 4.92. The minimum absolute atomic E-state index is 0.401. The number of fused-ring (bicyclic) bond motifs is 2. The first-order valence-corrected chi connectivity index (χ1v) is 9.01. The average Bonchev–Trinajstić information content (AvgIpc) is 2.58. The topological polar surface area (TPSA) is 44.5 Å². The fourth-order valence-corrected chi connectivity index (χ4v) is 4.95. The van der Waals surface area contributed by atoms with Crippen molar-refractivity contribution in [1.29, 1.82) is 0 Å². The summed E-state index contributed by atoms with van der Waals surface area (Å²) in [6.45, 7) is 2.12. The number of anilines is 1. The van der Waals surface area contributed by atoms with Gasteiger partial charge in [-0.05, 0) is 55.4 Å². The number of benzene rings is 2. The molecule has 3 heteroatoms. The Morgan fingerprint density at radius 1 is 0.917 bits per heavy atom. The van der Waals surface area contributed by atoms with Crippen molar-refractivity contribution in [2.24, 2.45) is 11.8 Å². The summed E-state index contributed by atoms with van der Waals surface area (Å²) in [7, 11) is 0. The van der Waals surface area contributed by atoms with Crippen LogP contribution in [0.5, 0.6) is 11.5 Å². The molecule has 2 heterocycles. The SMILES string of the molecule is Cc1cccc2c1OC13Oc4c(N)cccc4CC1CCCC3C2. The zero-order valence-electron chi connectivity index (χ0n) is 14.0. The van der Waals surface area contributed by atoms with Gasteiger partial charge in [-0.1, -0.05) is 36.8 Å². The monoisotopic (exact) mass is 321 g/mol. The van der Waals surface area contributed by atoms with Crippen LogP contribution < -0.4 is 15.2 Å². The highest BCUT2D eigenvalue weighted by Gasteiger charge is 2.57. The summed E-state index contributed by atoms with van der Waals surface area (Å²) in [4.78, 5) is 0. The highest BCUT2D eigenvalue weighted by molar-refractivity contribution is 5.58. The van der Waals surface area contributed by atoms with Crippen LogP contribution in [0.4, 0.5) is 5.69 Å². The molecule has 3 unspecified atom stereocenters. The fourth-order valence-electron chi connectivity index (χ4n) is 4.95. The molecule has 1 saturated carbocycles. The molecule has 2 N–H and O–H groups in total. The van der Waals surface area contributed by atoms with Crippen LogP contribution in [0, 0.1) is 18.8 Å². The van der Waals surface area contributed by atoms with Gasteiger partial charge >= 0.3 is 0 Å². The zero-order valence-corrected chi connectivity index (χ0v) is 14.0. The first kappa shape index (κ1) is 14.2. The second-order valence-corrected chi connectivity index (χ2v) is 7.56. The number of para-hydroxylation sites is 2. The predicted molar refractivity (Wildman–Crippen MR) is 94.3 cm³/mol. The van der Waals surface area contributed by atoms with Crippen LogP contribution in [0.25, 0.3) is 0 Å². The molecule has 1 fully saturated rings. The van der Waals surface area contributed by atoms with E-state index in [-0.39, 0.29) is 0 Å². The lowest BCUT2D eigenvalue weighted by molar-refractivity contribution is -0.226. The van der Waals surface area contributed by atoms with Gasteiger partial charge in [0.25, 0.3) is 5.79 Å². The highest BCUT2D eigenvalue weighted by atomic mass is 16.7. The molecule has 3 atom stereocenters. The van der Waals surface area contributed by atoms with Crippen molar-refractivity contribution in [3.63, 3.8) is 0 Å². The van der Waals surface area contributed by atoms with Crippen LogP contribution in [0.15, 0.2) is 36.4 Å². The molecule has 5 rings (SSSR count). The Kier molecular flexibility index (Phi) is 2.91. The summed E-state index contributed by atoms with van der Waals surface area (Å²) in [6, 6.07) is 12.5. The maximum absolute atomic E-state index is 6.69. The number of hydrogen-bond donors (Lipinski definition) is 1. The van der Waals surface area contributed by atoms with E-state index in [1.807, 2.05) is 12.1 Å². The van der Waals surface area contributed by atoms with Gasteiger partial charge in [-0.25, -0.2) is 0 Å². The lowest BCUT2D eigenvalue weighted by Crippen LogP contribution is -2.61. The van der Waals surface area contributed by atoms with Crippen LogP contribution in [-0.4, -0.2) is 5.79 Å². The molecular formula is C21H23NO2. The van der Waals surface area contributed by atoms with Crippen LogP contribution in [0.1, 0.15) is 36.0 Å². The third-order valence-corrected chi connectivity index (χ3v) is 6.12. The van der Waals surface area contributed by atoms with E-state index in [1.165, 1.54) is 23.1 Å². The van der Waals surface area contributed by atoms with Gasteiger partial charge in [0.15, 0.2) is 0 Å². The molecule has 2 aliphatic heterocycles. The quantitative estimate of drug-likeness (QED) is 0.737. The number of nitrogen functional groups attached to an aromatic ring is 1. The maximum atomic E-state index is 6.69. The fraction of sp³-hybridized carbons (Fsp3) is 0.429. The van der Waals surface area contributed by atoms with Gasteiger partial charge in [0.2, 0.25) is 0 Å². The Bertz CT molecular complexity index is 746. The molecular weight excluding hydrogens is 298 g/mol. The maximum Gasteiger partial charge on any atom is 0.257 e. The van der Waals surface area contributed by atoms with Crippen LogP contribution in [-0.2, 0) is 12.8 Å². The number of ether oxygens (including phenoxy) is 2. The molecule has 0 saturated heterocycles. The number of nitrogens with two attached hydrogens (primary N) is 1. The molecule has 0 bridgehead atoms. The van der Waals surface area contributed by atoms with Crippen molar-refractivity contribution in [3.05, 3.63) is 53.1 Å². The van der Waals surface area contributed by atoms with E-state index in [2.05, 4.69) is 31.2 Å². The molecule has 0 radical (unpaired) electrons. The molecule has 3 aliphatic rings. The van der Waals surface area contributed by atoms with Crippen molar-refractivity contribution >= 4 is 5.69 Å². The minimum atomic E-state index is -0.542. The van der Waals surface area contributed by atoms with E-state index in [1.54, 1.807) is 0 Å². The number of hydrogen-bond acceptors (Lipinski definition) is 3. The van der Waals surface area contributed by atoms with E-state index in [4.69, 9.17) is 15.2 Å². The van der Waals surface area contributed by atoms with Crippen molar-refractivity contribution < 1.29 is 9.47 Å². The van der Waals surface area contributed by atoms with Gasteiger partial charge in [0.1, 0.15) is 11.5 Å². The summed E-state index contributed by atoms with van der Waals surface area (Å²) in [5.41, 5.74) is 10.7. The van der Waals surface area contributed by atoms with Crippen LogP contribution in [0.3, 0.4) is 0 Å². The van der Waals surface area contributed by atoms with Crippen LogP contribution in [0.2, 0.25) is 0 Å². The molecule has 0 aromatic heterocycles. The van der Waals surface area contributed by atoms with E-state index < -0.39 is 5.79 Å². The summed E-state index contributed by atoms with van der Waals surface area (Å²) >= 11 is 0. The first-order valence-electron chi connectivity index (χ1n) is 9.01. The van der Waals surface area contributed by atoms with Gasteiger partial charge in [-0.3, -0.25) is 0 Å². The van der Waals surface area contributed by atoms with Gasteiger partial charge in [-0.15, -0.1) is 0 Å². The van der Waals surface area contributed by atoms with E-state index in [9.17, 15) is 0 Å². The Labute approximate surface area is 142 Å². The average molecular weight is 321 g/mol. The van der Waals surface area contributed by atoms with Gasteiger partial charge in [-0.2, -0.15) is 0 Å². The first-order chi connectivity index (χ1) is 11.7. The predicted octanol–water partition coefficient (Wildman–Crippen LogP) is 4.26. The van der Waals surface area contributed by atoms with Gasteiger partial charge < -0.3 is 15.2 Å². The Balaban J connectivity index is 1.65. The smallest absolute Gasteiger partial charge is 0.257 e. The van der Waals surface area contributed by atoms with Crippen molar-refractivity contribution in [3.8, 4) is 11.5 Å². The summed E-state index contributed by atoms with van der Waals surface area (Å²) in [5, 5.41) is 0. The standard InChI is InChI=1S/C21H23NO2/c1-13-5-2-6-14-11-16-8-4-9-17-12-15-7-3-10-18(22)20(15)24-21(16,17)23-19(13)14/h2-3,5-7,10,16-17H,4,8-9,11-12,22H2,1H3. The molecule has 1 aliphatic carbocycles. The Morgan fingerprint density at radius 2 is 1.54 bits per heavy atom. The third-order valence-electron chi connectivity index (χ3n) is 6.12. The third kappa shape index (κ3) is 1.84. The summed E-state index contributed by atoms with van der Waals surface area (Å²) in [6.07, 6.45) is 5.61. The van der Waals surface area contributed by atoms with Crippen molar-refractivity contribution in [2.45, 2.75) is 44.8 Å². The molecule has 2 aromatic rings. The molecule has 24 heavy (non-hydrogen) atoms. The van der Waals surface area contributed by atoms with Crippen molar-refractivity contribution in [2.75, 3.05) is 5.73 Å². The minimum Gasteiger partial charge on any atom is -0.451 e. The van der Waals surface area contributed by atoms with E-state index >= 15 is 0 Å². The molecule has 1 spiro atoms. The van der Waals surface area contributed by atoms with Gasteiger partial charge in [0, 0.05) is 11.8 Å². The van der Waals surface area contributed by atoms with Gasteiger partial charge in [0.05, 0.1) is 5.69 Å². The largest absolute Gasteiger partial charge is 0.451 e. The number of aryl methyl sites for hydroxylation is 1. The number of rotatable bonds is 0. The molecule has 0 amide bonds. The Hall–Kier alpha value is -2.16. The van der Waals surface area contributed by atoms with Crippen LogP contribution >= 0.6 is 0 Å². The lowest BCUT2D eigenvalue weighted by atomic mass is 9.68. The summed E-state index contributed by atoms with van der Waals surface area (Å²) in [5.74, 6) is 2.13. The van der Waals surface area contributed by atoms with E-state index in [0.717, 1.165) is 42.9 Å². The van der Waals surface area contributed by atoms with E-state index in [0.29, 0.717) is 11.8 Å².